The number of hydrazone groups is 1. The molecule has 2 aromatic heterocycles. The molecule has 2 aliphatic heterocycles. The molecule has 9 heteroatoms. The number of rotatable bonds is 3. The number of benzene rings is 2. The molecule has 2 aliphatic rings. The van der Waals surface area contributed by atoms with Crippen LogP contribution in [-0.4, -0.2) is 22.2 Å². The van der Waals surface area contributed by atoms with Crippen molar-refractivity contribution in [3.63, 3.8) is 0 Å². The van der Waals surface area contributed by atoms with Gasteiger partial charge in [-0.1, -0.05) is 65.1 Å². The van der Waals surface area contributed by atoms with Crippen molar-refractivity contribution in [2.75, 3.05) is 5.01 Å². The van der Waals surface area contributed by atoms with E-state index in [9.17, 15) is 4.79 Å². The Balaban J connectivity index is 1.66. The number of carbonyl (C=O) groups excluding carboxylic acids is 1. The van der Waals surface area contributed by atoms with Gasteiger partial charge in [-0.25, -0.2) is 5.01 Å². The summed E-state index contributed by atoms with van der Waals surface area (Å²) in [6.07, 6.45) is 3.02. The van der Waals surface area contributed by atoms with Crippen molar-refractivity contribution < 1.29 is 9.53 Å². The first kappa shape index (κ1) is 21.6. The van der Waals surface area contributed by atoms with Crippen molar-refractivity contribution in [3.05, 3.63) is 110 Å². The fourth-order valence-corrected chi connectivity index (χ4v) is 6.01. The molecule has 0 amide bonds. The van der Waals surface area contributed by atoms with Crippen molar-refractivity contribution in [1.82, 2.24) is 4.98 Å². The van der Waals surface area contributed by atoms with Crippen molar-refractivity contribution in [2.45, 2.75) is 11.6 Å². The second-order valence-electron chi connectivity index (χ2n) is 7.83. The van der Waals surface area contributed by atoms with E-state index in [-0.39, 0.29) is 5.78 Å². The van der Waals surface area contributed by atoms with Gasteiger partial charge in [-0.15, -0.1) is 11.3 Å². The van der Waals surface area contributed by atoms with E-state index in [0.29, 0.717) is 42.7 Å². The molecule has 0 saturated carbocycles. The molecule has 34 heavy (non-hydrogen) atoms. The lowest BCUT2D eigenvalue weighted by Crippen LogP contribution is -2.56. The van der Waals surface area contributed by atoms with E-state index in [1.807, 2.05) is 47.8 Å². The highest BCUT2D eigenvalue weighted by Gasteiger charge is 2.65. The number of aromatic nitrogens is 1. The van der Waals surface area contributed by atoms with Crippen LogP contribution in [0.15, 0.2) is 83.5 Å². The minimum Gasteiger partial charge on any atom is -0.455 e. The van der Waals surface area contributed by atoms with E-state index >= 15 is 0 Å². The molecular formula is C25H14Cl3N3O2S. The second-order valence-corrected chi connectivity index (χ2v) is 10.00. The Kier molecular flexibility index (Phi) is 5.15. The van der Waals surface area contributed by atoms with Gasteiger partial charge in [0.1, 0.15) is 16.5 Å². The smallest absolute Gasteiger partial charge is 0.279 e. The monoisotopic (exact) mass is 525 g/mol. The van der Waals surface area contributed by atoms with Crippen LogP contribution in [0.3, 0.4) is 0 Å². The Morgan fingerprint density at radius 1 is 0.941 bits per heavy atom. The Morgan fingerprint density at radius 3 is 2.32 bits per heavy atom. The topological polar surface area (TPSA) is 54.8 Å². The Bertz CT molecular complexity index is 1440. The van der Waals surface area contributed by atoms with Gasteiger partial charge in [-0.2, -0.15) is 5.10 Å². The highest BCUT2D eigenvalue weighted by Crippen LogP contribution is 2.54. The number of hydrogen-bond acceptors (Lipinski definition) is 6. The molecule has 0 bridgehead atoms. The van der Waals surface area contributed by atoms with Crippen LogP contribution in [0.1, 0.15) is 26.7 Å². The van der Waals surface area contributed by atoms with Gasteiger partial charge in [0.15, 0.2) is 0 Å². The maximum absolute atomic E-state index is 14.2. The molecular weight excluding hydrogens is 513 g/mol. The zero-order valence-corrected chi connectivity index (χ0v) is 20.4. The number of ketones is 1. The lowest BCUT2D eigenvalue weighted by Gasteiger charge is -2.36. The standard InChI is InChI=1S/C25H14Cl3N3O2S/c26-15-8-6-14(7-9-15)22-21(20-17(27)12-29-13-18(20)28)25(24(32)23-19(33-25)10-11-34-23)31(30-22)16-4-2-1-3-5-16/h1-13,21H. The number of nitrogens with zero attached hydrogens (tertiary/aromatic N) is 3. The number of pyridine rings is 1. The van der Waals surface area contributed by atoms with Gasteiger partial charge in [0.05, 0.1) is 21.4 Å². The predicted octanol–water partition coefficient (Wildman–Crippen LogP) is 7.08. The van der Waals surface area contributed by atoms with Gasteiger partial charge in [0.25, 0.3) is 5.72 Å². The third kappa shape index (κ3) is 3.10. The minimum absolute atomic E-state index is 0.206. The van der Waals surface area contributed by atoms with Gasteiger partial charge >= 0.3 is 0 Å². The zero-order chi connectivity index (χ0) is 23.4. The molecule has 0 saturated heterocycles. The summed E-state index contributed by atoms with van der Waals surface area (Å²) < 4.78 is 6.54. The number of hydrogen-bond donors (Lipinski definition) is 0. The number of ether oxygens (including phenoxy) is 1. The summed E-state index contributed by atoms with van der Waals surface area (Å²) in [4.78, 5) is 18.8. The molecule has 2 aromatic carbocycles. The first-order valence-electron chi connectivity index (χ1n) is 10.3. The van der Waals surface area contributed by atoms with E-state index in [0.717, 1.165) is 5.56 Å². The van der Waals surface area contributed by atoms with E-state index in [1.54, 1.807) is 23.2 Å². The highest BCUT2D eigenvalue weighted by molar-refractivity contribution is 7.12. The Labute approximate surface area is 214 Å². The maximum Gasteiger partial charge on any atom is 0.279 e. The summed E-state index contributed by atoms with van der Waals surface area (Å²) in [7, 11) is 0. The van der Waals surface area contributed by atoms with Crippen LogP contribution in [0.5, 0.6) is 5.75 Å². The molecule has 0 aliphatic carbocycles. The van der Waals surface area contributed by atoms with E-state index < -0.39 is 11.6 Å². The van der Waals surface area contributed by atoms with Gasteiger partial charge in [-0.3, -0.25) is 9.78 Å². The van der Waals surface area contributed by atoms with Crippen LogP contribution in [-0.2, 0) is 0 Å². The fourth-order valence-electron chi connectivity index (χ4n) is 4.49. The van der Waals surface area contributed by atoms with E-state index in [1.165, 1.54) is 23.7 Å². The summed E-state index contributed by atoms with van der Waals surface area (Å²) in [5, 5.41) is 9.68. The van der Waals surface area contributed by atoms with Gasteiger partial charge in [0.2, 0.25) is 5.78 Å². The number of halogens is 3. The molecule has 168 valence electrons. The van der Waals surface area contributed by atoms with Crippen LogP contribution < -0.4 is 9.75 Å². The lowest BCUT2D eigenvalue weighted by atomic mass is 9.80. The van der Waals surface area contributed by atoms with Crippen LogP contribution in [0, 0.1) is 0 Å². The van der Waals surface area contributed by atoms with E-state index in [4.69, 9.17) is 44.6 Å². The van der Waals surface area contributed by atoms with Crippen LogP contribution >= 0.6 is 46.1 Å². The molecule has 6 rings (SSSR count). The first-order chi connectivity index (χ1) is 16.5. The number of fused-ring (bicyclic) bond motifs is 1. The minimum atomic E-state index is -1.55. The van der Waals surface area contributed by atoms with E-state index in [2.05, 4.69) is 4.98 Å². The molecule has 5 nitrogen and oxygen atoms in total. The SMILES string of the molecule is O=C1c2sccc2OC12C(c1c(Cl)cncc1Cl)C(c1ccc(Cl)cc1)=NN2c1ccccc1. The van der Waals surface area contributed by atoms with Crippen molar-refractivity contribution in [2.24, 2.45) is 5.10 Å². The van der Waals surface area contributed by atoms with Gasteiger partial charge < -0.3 is 4.74 Å². The third-order valence-electron chi connectivity index (χ3n) is 5.93. The lowest BCUT2D eigenvalue weighted by molar-refractivity contribution is 0.0547. The number of thiophene rings is 1. The maximum atomic E-state index is 14.2. The highest BCUT2D eigenvalue weighted by atomic mass is 35.5. The largest absolute Gasteiger partial charge is 0.455 e. The predicted molar refractivity (Wildman–Crippen MR) is 136 cm³/mol. The Hall–Kier alpha value is -2.90. The molecule has 4 heterocycles. The van der Waals surface area contributed by atoms with Crippen molar-refractivity contribution >= 4 is 63.3 Å². The number of carbonyl (C=O) groups is 1. The molecule has 4 aromatic rings. The summed E-state index contributed by atoms with van der Waals surface area (Å²) in [5.41, 5.74) is 1.02. The third-order valence-corrected chi connectivity index (χ3v) is 7.68. The van der Waals surface area contributed by atoms with Crippen LogP contribution in [0.2, 0.25) is 15.1 Å². The zero-order valence-electron chi connectivity index (χ0n) is 17.3. The van der Waals surface area contributed by atoms with Crippen LogP contribution in [0.4, 0.5) is 5.69 Å². The first-order valence-corrected chi connectivity index (χ1v) is 12.3. The molecule has 2 atom stereocenters. The fraction of sp³-hybridized carbons (Fsp3) is 0.0800. The molecule has 1 spiro atoms. The number of anilines is 1. The quantitative estimate of drug-likeness (QED) is 0.286. The molecule has 2 unspecified atom stereocenters. The Morgan fingerprint density at radius 2 is 1.65 bits per heavy atom. The summed E-state index contributed by atoms with van der Waals surface area (Å²) in [6, 6.07) is 18.5. The average Bonchev–Trinajstić information content (AvgIpc) is 3.50. The molecule has 0 radical (unpaired) electrons. The molecule has 0 N–H and O–H groups in total. The number of Topliss-reactive ketones (excluding diaryl/α,β-unsaturated/α-hetero) is 1. The summed E-state index contributed by atoms with van der Waals surface area (Å²) in [5.74, 6) is -0.443. The summed E-state index contributed by atoms with van der Waals surface area (Å²) >= 11 is 20.8. The molecule has 0 fully saturated rings. The van der Waals surface area contributed by atoms with Gasteiger partial charge in [-0.05, 0) is 41.3 Å². The normalized spacial score (nSPS) is 21.0. The van der Waals surface area contributed by atoms with Crippen LogP contribution in [0.25, 0.3) is 0 Å². The average molecular weight is 527 g/mol. The second kappa shape index (κ2) is 8.10. The van der Waals surface area contributed by atoms with Crippen molar-refractivity contribution in [3.8, 4) is 5.75 Å². The van der Waals surface area contributed by atoms with Gasteiger partial charge in [0, 0.05) is 23.0 Å². The number of para-hydroxylation sites is 1. The van der Waals surface area contributed by atoms with Crippen molar-refractivity contribution in [1.29, 1.82) is 0 Å². The summed E-state index contributed by atoms with van der Waals surface area (Å²) in [6.45, 7) is 0.